The van der Waals surface area contributed by atoms with Gasteiger partial charge in [-0.2, -0.15) is 0 Å². The first-order valence-electron chi connectivity index (χ1n) is 9.77. The molecular formula is C22H30N2O5. The van der Waals surface area contributed by atoms with Gasteiger partial charge in [0.1, 0.15) is 23.9 Å². The summed E-state index contributed by atoms with van der Waals surface area (Å²) in [7, 11) is 1.68. The molecule has 1 amide bonds. The minimum absolute atomic E-state index is 0.0269. The second-order valence-electron chi connectivity index (χ2n) is 6.81. The van der Waals surface area contributed by atoms with E-state index in [-0.39, 0.29) is 11.3 Å². The highest BCUT2D eigenvalue weighted by molar-refractivity contribution is 5.95. The number of nitrogens with two attached hydrogens (primary N) is 1. The number of amides is 1. The highest BCUT2D eigenvalue weighted by atomic mass is 16.5. The zero-order valence-corrected chi connectivity index (χ0v) is 16.8. The van der Waals surface area contributed by atoms with Crippen LogP contribution in [0.25, 0.3) is 0 Å². The Labute approximate surface area is 171 Å². The van der Waals surface area contributed by atoms with Crippen molar-refractivity contribution in [3.05, 3.63) is 53.6 Å². The number of aryl methyl sites for hydroxylation is 1. The maximum Gasteiger partial charge on any atom is 0.252 e. The van der Waals surface area contributed by atoms with Crippen LogP contribution in [-0.4, -0.2) is 49.0 Å². The molecule has 1 unspecified atom stereocenters. The zero-order chi connectivity index (χ0) is 21.1. The Kier molecular flexibility index (Phi) is 9.27. The number of carbonyl (C=O) groups is 1. The van der Waals surface area contributed by atoms with Gasteiger partial charge in [0.2, 0.25) is 0 Å². The highest BCUT2D eigenvalue weighted by Crippen LogP contribution is 2.22. The number of unbranched alkanes of at least 4 members (excludes halogenated alkanes) is 1. The zero-order valence-electron chi connectivity index (χ0n) is 16.8. The van der Waals surface area contributed by atoms with Crippen molar-refractivity contribution in [3.8, 4) is 17.2 Å². The van der Waals surface area contributed by atoms with E-state index in [1.165, 1.54) is 17.7 Å². The number of ether oxygens (including phenoxy) is 2. The van der Waals surface area contributed by atoms with E-state index >= 15 is 0 Å². The molecule has 2 rings (SSSR count). The number of aliphatic hydroxyl groups is 1. The van der Waals surface area contributed by atoms with Crippen LogP contribution >= 0.6 is 0 Å². The molecule has 0 aliphatic rings. The van der Waals surface area contributed by atoms with Crippen LogP contribution in [0, 0.1) is 0 Å². The molecule has 7 heteroatoms. The Bertz CT molecular complexity index is 782. The summed E-state index contributed by atoms with van der Waals surface area (Å²) in [5, 5.41) is 22.8. The Balaban J connectivity index is 1.57. The first-order chi connectivity index (χ1) is 14.0. The van der Waals surface area contributed by atoms with E-state index in [0.29, 0.717) is 25.4 Å². The lowest BCUT2D eigenvalue weighted by atomic mass is 10.0. The summed E-state index contributed by atoms with van der Waals surface area (Å²) < 4.78 is 10.9. The number of carbonyl (C=O) groups excluding carboxylic acids is 1. The van der Waals surface area contributed by atoms with Crippen molar-refractivity contribution in [2.45, 2.75) is 31.8 Å². The van der Waals surface area contributed by atoms with E-state index in [0.717, 1.165) is 31.4 Å². The van der Waals surface area contributed by atoms with E-state index in [1.807, 2.05) is 18.2 Å². The minimum Gasteiger partial charge on any atom is -0.507 e. The van der Waals surface area contributed by atoms with Gasteiger partial charge in [-0.25, -0.2) is 0 Å². The summed E-state index contributed by atoms with van der Waals surface area (Å²) in [5.74, 6) is 0.485. The molecule has 0 aliphatic carbocycles. The lowest BCUT2D eigenvalue weighted by molar-refractivity contribution is 0.0997. The van der Waals surface area contributed by atoms with Crippen LogP contribution < -0.4 is 20.5 Å². The monoisotopic (exact) mass is 402 g/mol. The highest BCUT2D eigenvalue weighted by Gasteiger charge is 2.09. The first-order valence-corrected chi connectivity index (χ1v) is 9.77. The molecule has 1 atom stereocenters. The first kappa shape index (κ1) is 22.5. The Hall–Kier alpha value is -2.77. The van der Waals surface area contributed by atoms with Crippen molar-refractivity contribution in [1.29, 1.82) is 0 Å². The summed E-state index contributed by atoms with van der Waals surface area (Å²) in [6.45, 7) is 1.40. The van der Waals surface area contributed by atoms with Crippen LogP contribution in [0.5, 0.6) is 17.2 Å². The summed E-state index contributed by atoms with van der Waals surface area (Å²) in [6, 6.07) is 12.3. The number of phenols is 1. The number of para-hydroxylation sites is 1. The van der Waals surface area contributed by atoms with E-state index in [4.69, 9.17) is 15.2 Å². The van der Waals surface area contributed by atoms with Gasteiger partial charge in [0.15, 0.2) is 0 Å². The molecule has 158 valence electrons. The Morgan fingerprint density at radius 1 is 1.21 bits per heavy atom. The van der Waals surface area contributed by atoms with Gasteiger partial charge in [-0.1, -0.05) is 24.6 Å². The Morgan fingerprint density at radius 3 is 2.76 bits per heavy atom. The summed E-state index contributed by atoms with van der Waals surface area (Å²) in [4.78, 5) is 11.2. The molecule has 5 N–H and O–H groups in total. The van der Waals surface area contributed by atoms with Crippen molar-refractivity contribution in [2.24, 2.45) is 5.73 Å². The number of aliphatic hydroxyl groups excluding tert-OH is 1. The van der Waals surface area contributed by atoms with Gasteiger partial charge in [-0.3, -0.25) is 4.79 Å². The number of hydrogen-bond acceptors (Lipinski definition) is 6. The maximum absolute atomic E-state index is 11.2. The van der Waals surface area contributed by atoms with Gasteiger partial charge >= 0.3 is 0 Å². The molecular weight excluding hydrogens is 372 g/mol. The quantitative estimate of drug-likeness (QED) is 0.382. The van der Waals surface area contributed by atoms with E-state index in [2.05, 4.69) is 11.4 Å². The third kappa shape index (κ3) is 7.63. The van der Waals surface area contributed by atoms with Crippen LogP contribution in [0.15, 0.2) is 42.5 Å². The molecule has 29 heavy (non-hydrogen) atoms. The normalized spacial score (nSPS) is 11.8. The Morgan fingerprint density at radius 2 is 2.00 bits per heavy atom. The molecule has 0 spiro atoms. The molecule has 0 heterocycles. The standard InChI is InChI=1S/C22H30N2O5/c1-28-21-9-5-3-7-16(21)6-2-4-8-17(25)15-24-12-13-29-18-10-11-20(26)19(14-18)22(23)27/h3,5,7,9-11,14,17,24-26H,2,4,6,8,12-13,15H2,1H3,(H2,23,27). The molecule has 0 radical (unpaired) electrons. The number of primary amides is 1. The SMILES string of the molecule is COc1ccccc1CCCCC(O)CNCCOc1ccc(O)c(C(N)=O)c1. The van der Waals surface area contributed by atoms with Crippen molar-refractivity contribution >= 4 is 5.91 Å². The average Bonchev–Trinajstić information content (AvgIpc) is 2.72. The van der Waals surface area contributed by atoms with E-state index < -0.39 is 12.0 Å². The fraction of sp³-hybridized carbons (Fsp3) is 0.409. The van der Waals surface area contributed by atoms with E-state index in [1.54, 1.807) is 13.2 Å². The smallest absolute Gasteiger partial charge is 0.252 e. The van der Waals surface area contributed by atoms with Gasteiger partial charge in [-0.15, -0.1) is 0 Å². The fourth-order valence-corrected chi connectivity index (χ4v) is 3.02. The molecule has 2 aromatic rings. The topological polar surface area (TPSA) is 114 Å². The molecule has 7 nitrogen and oxygen atoms in total. The minimum atomic E-state index is -0.708. The molecule has 0 saturated heterocycles. The average molecular weight is 402 g/mol. The van der Waals surface area contributed by atoms with Gasteiger partial charge in [0.25, 0.3) is 5.91 Å². The molecule has 0 saturated carbocycles. The summed E-state index contributed by atoms with van der Waals surface area (Å²) >= 11 is 0. The lowest BCUT2D eigenvalue weighted by Crippen LogP contribution is -2.30. The number of benzene rings is 2. The molecule has 0 fully saturated rings. The van der Waals surface area contributed by atoms with Crippen molar-refractivity contribution in [1.82, 2.24) is 5.32 Å². The van der Waals surface area contributed by atoms with Gasteiger partial charge < -0.3 is 30.7 Å². The lowest BCUT2D eigenvalue weighted by Gasteiger charge is -2.13. The second kappa shape index (κ2) is 11.9. The summed E-state index contributed by atoms with van der Waals surface area (Å²) in [5.41, 5.74) is 6.40. The molecule has 2 aromatic carbocycles. The van der Waals surface area contributed by atoms with Crippen molar-refractivity contribution in [3.63, 3.8) is 0 Å². The number of methoxy groups -OCH3 is 1. The number of aromatic hydroxyl groups is 1. The second-order valence-corrected chi connectivity index (χ2v) is 6.81. The molecule has 0 aromatic heterocycles. The molecule has 0 aliphatic heterocycles. The third-order valence-electron chi connectivity index (χ3n) is 4.59. The van der Waals surface area contributed by atoms with Gasteiger partial charge in [0, 0.05) is 13.1 Å². The van der Waals surface area contributed by atoms with Crippen molar-refractivity contribution < 1.29 is 24.5 Å². The van der Waals surface area contributed by atoms with Crippen molar-refractivity contribution in [2.75, 3.05) is 26.8 Å². The van der Waals surface area contributed by atoms with Crippen LogP contribution in [0.3, 0.4) is 0 Å². The van der Waals surface area contributed by atoms with E-state index in [9.17, 15) is 15.0 Å². The van der Waals surface area contributed by atoms with Crippen LogP contribution in [0.1, 0.15) is 35.2 Å². The van der Waals surface area contributed by atoms with Gasteiger partial charge in [0.05, 0.1) is 18.8 Å². The predicted octanol–water partition coefficient (Wildman–Crippen LogP) is 2.24. The van der Waals surface area contributed by atoms with Crippen LogP contribution in [-0.2, 0) is 6.42 Å². The maximum atomic E-state index is 11.2. The third-order valence-corrected chi connectivity index (χ3v) is 4.59. The van der Waals surface area contributed by atoms with Gasteiger partial charge in [-0.05, 0) is 49.1 Å². The largest absolute Gasteiger partial charge is 0.507 e. The predicted molar refractivity (Wildman–Crippen MR) is 112 cm³/mol. The number of hydrogen-bond donors (Lipinski definition) is 4. The fourth-order valence-electron chi connectivity index (χ4n) is 3.02. The number of rotatable bonds is 13. The molecule has 0 bridgehead atoms. The van der Waals surface area contributed by atoms with Crippen LogP contribution in [0.2, 0.25) is 0 Å². The number of nitrogens with one attached hydrogen (secondary N) is 1. The van der Waals surface area contributed by atoms with Crippen LogP contribution in [0.4, 0.5) is 0 Å². The summed E-state index contributed by atoms with van der Waals surface area (Å²) in [6.07, 6.45) is 3.16.